The predicted octanol–water partition coefficient (Wildman–Crippen LogP) is 2.02. The lowest BCUT2D eigenvalue weighted by Crippen LogP contribution is -2.33. The largest absolute Gasteiger partial charge is 0.299 e. The number of hydrogen-bond acceptors (Lipinski definition) is 2. The number of fused-ring (bicyclic) bond motifs is 1. The number of likely N-dealkylation sites (N-methyl/N-ethyl adjacent to an activating group) is 1. The molecule has 3 heteroatoms. The van der Waals surface area contributed by atoms with Gasteiger partial charge in [0.25, 0.3) is 0 Å². The summed E-state index contributed by atoms with van der Waals surface area (Å²) in [6, 6.07) is 0. The molecule has 2 heterocycles. The summed E-state index contributed by atoms with van der Waals surface area (Å²) in [5, 5.41) is 4.53. The van der Waals surface area contributed by atoms with Crippen LogP contribution in [0.2, 0.25) is 0 Å². The molecule has 0 radical (unpaired) electrons. The second-order valence-corrected chi connectivity index (χ2v) is 5.32. The predicted molar refractivity (Wildman–Crippen MR) is 61.9 cm³/mol. The highest BCUT2D eigenvalue weighted by atomic mass is 15.3. The fourth-order valence-corrected chi connectivity index (χ4v) is 2.24. The van der Waals surface area contributed by atoms with Crippen molar-refractivity contribution < 1.29 is 0 Å². The van der Waals surface area contributed by atoms with Crippen LogP contribution in [0, 0.1) is 0 Å². The van der Waals surface area contributed by atoms with E-state index < -0.39 is 0 Å². The molecule has 3 nitrogen and oxygen atoms in total. The van der Waals surface area contributed by atoms with Gasteiger partial charge in [0.15, 0.2) is 0 Å². The molecule has 0 saturated carbocycles. The molecule has 0 spiro atoms. The Kier molecular flexibility index (Phi) is 2.59. The van der Waals surface area contributed by atoms with Gasteiger partial charge in [-0.25, -0.2) is 0 Å². The molecule has 2 rings (SSSR count). The van der Waals surface area contributed by atoms with E-state index in [4.69, 9.17) is 0 Å². The lowest BCUT2D eigenvalue weighted by Gasteiger charge is -2.29. The minimum absolute atomic E-state index is 0.113. The van der Waals surface area contributed by atoms with Crippen LogP contribution in [0.1, 0.15) is 39.0 Å². The lowest BCUT2D eigenvalue weighted by molar-refractivity contribution is 0.255. The van der Waals surface area contributed by atoms with Gasteiger partial charge in [0.2, 0.25) is 0 Å². The second-order valence-electron chi connectivity index (χ2n) is 5.32. The van der Waals surface area contributed by atoms with Crippen LogP contribution in [0.15, 0.2) is 6.20 Å². The Balaban J connectivity index is 2.30. The van der Waals surface area contributed by atoms with Crippen molar-refractivity contribution in [1.29, 1.82) is 0 Å². The van der Waals surface area contributed by atoms with Crippen molar-refractivity contribution in [3.63, 3.8) is 0 Å². The molecule has 84 valence electrons. The zero-order chi connectivity index (χ0) is 11.1. The molecule has 15 heavy (non-hydrogen) atoms. The van der Waals surface area contributed by atoms with Crippen molar-refractivity contribution in [2.45, 2.75) is 46.2 Å². The molecule has 0 N–H and O–H groups in total. The van der Waals surface area contributed by atoms with Gasteiger partial charge in [-0.15, -0.1) is 0 Å². The molecule has 0 saturated heterocycles. The summed E-state index contributed by atoms with van der Waals surface area (Å²) < 4.78 is 2.19. The summed E-state index contributed by atoms with van der Waals surface area (Å²) in [4.78, 5) is 2.47. The summed E-state index contributed by atoms with van der Waals surface area (Å²) in [5.41, 5.74) is 2.97. The molecular formula is C12H21N3. The maximum atomic E-state index is 4.53. The highest BCUT2D eigenvalue weighted by Crippen LogP contribution is 2.23. The molecule has 0 aromatic carbocycles. The van der Waals surface area contributed by atoms with Gasteiger partial charge < -0.3 is 0 Å². The third-order valence-corrected chi connectivity index (χ3v) is 3.10. The van der Waals surface area contributed by atoms with Crippen molar-refractivity contribution in [2.75, 3.05) is 13.1 Å². The Morgan fingerprint density at radius 1 is 1.40 bits per heavy atom. The van der Waals surface area contributed by atoms with E-state index in [0.29, 0.717) is 0 Å². The average molecular weight is 207 g/mol. The van der Waals surface area contributed by atoms with Gasteiger partial charge >= 0.3 is 0 Å². The number of aromatic nitrogens is 2. The molecule has 0 unspecified atom stereocenters. The first-order chi connectivity index (χ1) is 7.02. The zero-order valence-electron chi connectivity index (χ0n) is 10.2. The Hall–Kier alpha value is -0.830. The van der Waals surface area contributed by atoms with Crippen LogP contribution in [-0.2, 0) is 18.5 Å². The molecule has 1 aliphatic rings. The highest BCUT2D eigenvalue weighted by Gasteiger charge is 2.24. The minimum atomic E-state index is 0.113. The minimum Gasteiger partial charge on any atom is -0.299 e. The van der Waals surface area contributed by atoms with Gasteiger partial charge in [-0.3, -0.25) is 9.58 Å². The normalized spacial score (nSPS) is 17.9. The quantitative estimate of drug-likeness (QED) is 0.702. The van der Waals surface area contributed by atoms with E-state index in [0.717, 1.165) is 19.5 Å². The first kappa shape index (κ1) is 10.7. The zero-order valence-corrected chi connectivity index (χ0v) is 10.2. The molecule has 0 fully saturated rings. The van der Waals surface area contributed by atoms with Crippen molar-refractivity contribution in [3.05, 3.63) is 17.5 Å². The van der Waals surface area contributed by atoms with Crippen LogP contribution in [-0.4, -0.2) is 27.8 Å². The third-order valence-electron chi connectivity index (χ3n) is 3.10. The molecule has 1 aliphatic heterocycles. The van der Waals surface area contributed by atoms with Crippen molar-refractivity contribution in [3.8, 4) is 0 Å². The van der Waals surface area contributed by atoms with Crippen LogP contribution in [0.3, 0.4) is 0 Å². The summed E-state index contributed by atoms with van der Waals surface area (Å²) in [5.74, 6) is 0. The van der Waals surface area contributed by atoms with Gasteiger partial charge in [-0.2, -0.15) is 5.10 Å². The Morgan fingerprint density at radius 2 is 2.13 bits per heavy atom. The molecule has 0 bridgehead atoms. The molecule has 0 atom stereocenters. The van der Waals surface area contributed by atoms with E-state index >= 15 is 0 Å². The number of hydrogen-bond donors (Lipinski definition) is 0. The molecule has 0 amide bonds. The summed E-state index contributed by atoms with van der Waals surface area (Å²) in [6.45, 7) is 12.2. The summed E-state index contributed by atoms with van der Waals surface area (Å²) in [6.07, 6.45) is 3.18. The topological polar surface area (TPSA) is 21.1 Å². The van der Waals surface area contributed by atoms with E-state index in [1.807, 2.05) is 6.20 Å². The van der Waals surface area contributed by atoms with Crippen molar-refractivity contribution in [2.24, 2.45) is 0 Å². The Bertz CT molecular complexity index is 346. The molecule has 0 aliphatic carbocycles. The fraction of sp³-hybridized carbons (Fsp3) is 0.750. The lowest BCUT2D eigenvalue weighted by atomic mass is 10.0. The van der Waals surface area contributed by atoms with E-state index in [-0.39, 0.29) is 5.54 Å². The molecular weight excluding hydrogens is 186 g/mol. The fourth-order valence-electron chi connectivity index (χ4n) is 2.24. The van der Waals surface area contributed by atoms with Gasteiger partial charge in [-0.1, -0.05) is 6.92 Å². The van der Waals surface area contributed by atoms with E-state index in [1.54, 1.807) is 0 Å². The van der Waals surface area contributed by atoms with Crippen molar-refractivity contribution >= 4 is 0 Å². The third kappa shape index (κ3) is 1.93. The van der Waals surface area contributed by atoms with Gasteiger partial charge in [0.1, 0.15) is 0 Å². The Morgan fingerprint density at radius 3 is 2.73 bits per heavy atom. The van der Waals surface area contributed by atoms with Gasteiger partial charge in [0.05, 0.1) is 11.7 Å². The smallest absolute Gasteiger partial charge is 0.0546 e. The standard InChI is InChI=1S/C12H21N3/c1-5-14-7-6-11-10(9-14)8-13-15(11)12(2,3)4/h8H,5-7,9H2,1-4H3. The van der Waals surface area contributed by atoms with E-state index in [2.05, 4.69) is 42.4 Å². The Labute approximate surface area is 92.1 Å². The first-order valence-electron chi connectivity index (χ1n) is 5.81. The van der Waals surface area contributed by atoms with E-state index in [9.17, 15) is 0 Å². The van der Waals surface area contributed by atoms with Crippen LogP contribution in [0.25, 0.3) is 0 Å². The van der Waals surface area contributed by atoms with Crippen molar-refractivity contribution in [1.82, 2.24) is 14.7 Å². The van der Waals surface area contributed by atoms with Crippen LogP contribution >= 0.6 is 0 Å². The summed E-state index contributed by atoms with van der Waals surface area (Å²) >= 11 is 0. The van der Waals surface area contributed by atoms with Crippen LogP contribution in [0.5, 0.6) is 0 Å². The monoisotopic (exact) mass is 207 g/mol. The second kappa shape index (κ2) is 3.63. The molecule has 1 aromatic heterocycles. The van der Waals surface area contributed by atoms with Crippen LogP contribution in [0.4, 0.5) is 0 Å². The van der Waals surface area contributed by atoms with Gasteiger partial charge in [-0.05, 0) is 27.3 Å². The molecule has 1 aromatic rings. The maximum Gasteiger partial charge on any atom is 0.0546 e. The van der Waals surface area contributed by atoms with Crippen LogP contribution < -0.4 is 0 Å². The number of rotatable bonds is 1. The highest BCUT2D eigenvalue weighted by molar-refractivity contribution is 5.21. The first-order valence-corrected chi connectivity index (χ1v) is 5.81. The van der Waals surface area contributed by atoms with E-state index in [1.165, 1.54) is 17.8 Å². The van der Waals surface area contributed by atoms with Gasteiger partial charge in [0, 0.05) is 30.8 Å². The maximum absolute atomic E-state index is 4.53. The average Bonchev–Trinajstić information content (AvgIpc) is 2.59. The summed E-state index contributed by atoms with van der Waals surface area (Å²) in [7, 11) is 0. The number of nitrogens with zero attached hydrogens (tertiary/aromatic N) is 3. The SMILES string of the molecule is CCN1CCc2c(cnn2C(C)(C)C)C1.